The highest BCUT2D eigenvalue weighted by Crippen LogP contribution is 2.33. The first-order valence-electron chi connectivity index (χ1n) is 8.52. The molecule has 2 aromatic rings. The molecule has 1 aliphatic heterocycles. The van der Waals surface area contributed by atoms with Crippen molar-refractivity contribution in [2.75, 3.05) is 33.2 Å². The van der Waals surface area contributed by atoms with E-state index in [-0.39, 0.29) is 6.42 Å². The number of rotatable bonds is 6. The molecule has 0 bridgehead atoms. The number of aryl methyl sites for hydroxylation is 1. The van der Waals surface area contributed by atoms with Crippen LogP contribution in [-0.2, 0) is 16.1 Å². The van der Waals surface area contributed by atoms with Gasteiger partial charge in [-0.2, -0.15) is 0 Å². The molecule has 1 aliphatic rings. The van der Waals surface area contributed by atoms with Gasteiger partial charge in [-0.25, -0.2) is 0 Å². The van der Waals surface area contributed by atoms with Gasteiger partial charge in [0.2, 0.25) is 0 Å². The van der Waals surface area contributed by atoms with E-state index in [1.165, 1.54) is 0 Å². The molecule has 1 atom stereocenters. The van der Waals surface area contributed by atoms with Crippen molar-refractivity contribution in [3.05, 3.63) is 34.4 Å². The average molecular weight is 424 g/mol. The Kier molecular flexibility index (Phi) is 5.64. The Labute approximate surface area is 159 Å². The van der Waals surface area contributed by atoms with Gasteiger partial charge in [0, 0.05) is 59.9 Å². The number of likely N-dealkylation sites (N-methyl/N-ethyl adjacent to an activating group) is 1. The molecule has 0 radical (unpaired) electrons. The van der Waals surface area contributed by atoms with Gasteiger partial charge in [0.15, 0.2) is 0 Å². The number of hydrogen-bond donors (Lipinski definition) is 2. The van der Waals surface area contributed by atoms with Crippen molar-refractivity contribution < 1.29 is 19.8 Å². The molecule has 8 heteroatoms. The van der Waals surface area contributed by atoms with Crippen LogP contribution in [0.15, 0.2) is 28.9 Å². The normalized spacial score (nSPS) is 17.5. The van der Waals surface area contributed by atoms with Gasteiger partial charge in [0.25, 0.3) is 0 Å². The lowest BCUT2D eigenvalue weighted by Gasteiger charge is -2.36. The van der Waals surface area contributed by atoms with Crippen LogP contribution in [0.25, 0.3) is 10.9 Å². The maximum Gasteiger partial charge on any atom is 0.325 e. The maximum absolute atomic E-state index is 12.1. The van der Waals surface area contributed by atoms with E-state index in [2.05, 4.69) is 20.8 Å². The van der Waals surface area contributed by atoms with E-state index in [1.807, 2.05) is 34.7 Å². The molecule has 1 aromatic carbocycles. The molecule has 140 valence electrons. The Morgan fingerprint density at radius 1 is 1.19 bits per heavy atom. The van der Waals surface area contributed by atoms with E-state index >= 15 is 0 Å². The summed E-state index contributed by atoms with van der Waals surface area (Å²) in [5, 5.41) is 19.8. The maximum atomic E-state index is 12.1. The van der Waals surface area contributed by atoms with Crippen LogP contribution in [0.1, 0.15) is 18.0 Å². The molecule has 0 amide bonds. The molecular weight excluding hydrogens is 402 g/mol. The van der Waals surface area contributed by atoms with Crippen molar-refractivity contribution >= 4 is 38.8 Å². The fraction of sp³-hybridized carbons (Fsp3) is 0.444. The number of fused-ring (bicyclic) bond motifs is 1. The second-order valence-electron chi connectivity index (χ2n) is 6.66. The molecule has 1 unspecified atom stereocenters. The van der Waals surface area contributed by atoms with E-state index in [4.69, 9.17) is 5.11 Å². The van der Waals surface area contributed by atoms with Crippen molar-refractivity contribution in [2.45, 2.75) is 19.0 Å². The van der Waals surface area contributed by atoms with Gasteiger partial charge >= 0.3 is 11.9 Å². The summed E-state index contributed by atoms with van der Waals surface area (Å²) in [4.78, 5) is 27.2. The Balaban J connectivity index is 2.04. The van der Waals surface area contributed by atoms with Crippen LogP contribution in [0, 0.1) is 0 Å². The lowest BCUT2D eigenvalue weighted by molar-refractivity contribution is -0.144. The number of carbonyl (C=O) groups is 2. The molecule has 0 saturated carbocycles. The minimum Gasteiger partial charge on any atom is -0.481 e. The van der Waals surface area contributed by atoms with E-state index in [0.29, 0.717) is 25.2 Å². The zero-order valence-corrected chi connectivity index (χ0v) is 16.1. The Bertz CT molecular complexity index is 827. The Morgan fingerprint density at radius 2 is 1.88 bits per heavy atom. The SMILES string of the molecule is CN1CCN(C(C(=O)O)c2cn(CCC(=O)O)c3ccc(Br)cc23)CC1. The number of benzene rings is 1. The summed E-state index contributed by atoms with van der Waals surface area (Å²) in [7, 11) is 2.03. The minimum atomic E-state index is -0.883. The van der Waals surface area contributed by atoms with Crippen molar-refractivity contribution in [3.63, 3.8) is 0 Å². The number of aliphatic carboxylic acids is 2. The molecule has 2 N–H and O–H groups in total. The van der Waals surface area contributed by atoms with E-state index in [1.54, 1.807) is 6.20 Å². The Hall–Kier alpha value is -1.90. The van der Waals surface area contributed by atoms with Gasteiger partial charge in [-0.15, -0.1) is 0 Å². The average Bonchev–Trinajstić information content (AvgIpc) is 2.92. The molecule has 0 aliphatic carbocycles. The zero-order valence-electron chi connectivity index (χ0n) is 14.6. The molecule has 7 nitrogen and oxygen atoms in total. The fourth-order valence-corrected chi connectivity index (χ4v) is 3.84. The lowest BCUT2D eigenvalue weighted by atomic mass is 10.0. The topological polar surface area (TPSA) is 86.0 Å². The smallest absolute Gasteiger partial charge is 0.325 e. The largest absolute Gasteiger partial charge is 0.481 e. The highest BCUT2D eigenvalue weighted by atomic mass is 79.9. The zero-order chi connectivity index (χ0) is 18.8. The van der Waals surface area contributed by atoms with Crippen LogP contribution >= 0.6 is 15.9 Å². The van der Waals surface area contributed by atoms with Crippen LogP contribution < -0.4 is 0 Å². The second-order valence-corrected chi connectivity index (χ2v) is 7.58. The predicted octanol–water partition coefficient (Wildman–Crippen LogP) is 2.25. The van der Waals surface area contributed by atoms with Crippen molar-refractivity contribution in [3.8, 4) is 0 Å². The van der Waals surface area contributed by atoms with Crippen LogP contribution in [0.5, 0.6) is 0 Å². The highest BCUT2D eigenvalue weighted by Gasteiger charge is 2.32. The summed E-state index contributed by atoms with van der Waals surface area (Å²) >= 11 is 3.46. The minimum absolute atomic E-state index is 0.00840. The molecule has 26 heavy (non-hydrogen) atoms. The molecule has 0 spiro atoms. The summed E-state index contributed by atoms with van der Waals surface area (Å²) in [5.74, 6) is -1.76. The number of halogens is 1. The number of piperazine rings is 1. The Morgan fingerprint density at radius 3 is 2.50 bits per heavy atom. The van der Waals surface area contributed by atoms with Gasteiger partial charge < -0.3 is 19.7 Å². The molecule has 1 fully saturated rings. The van der Waals surface area contributed by atoms with Gasteiger partial charge in [-0.05, 0) is 25.2 Å². The van der Waals surface area contributed by atoms with Gasteiger partial charge in [-0.1, -0.05) is 15.9 Å². The van der Waals surface area contributed by atoms with E-state index < -0.39 is 18.0 Å². The molecule has 1 aromatic heterocycles. The molecule has 2 heterocycles. The van der Waals surface area contributed by atoms with E-state index in [9.17, 15) is 14.7 Å². The van der Waals surface area contributed by atoms with Crippen molar-refractivity contribution in [1.29, 1.82) is 0 Å². The highest BCUT2D eigenvalue weighted by molar-refractivity contribution is 9.10. The number of nitrogens with zero attached hydrogens (tertiary/aromatic N) is 3. The second kappa shape index (κ2) is 7.77. The third-order valence-electron chi connectivity index (χ3n) is 4.87. The van der Waals surface area contributed by atoms with Gasteiger partial charge in [-0.3, -0.25) is 14.5 Å². The predicted molar refractivity (Wildman–Crippen MR) is 101 cm³/mol. The summed E-state index contributed by atoms with van der Waals surface area (Å²) in [6, 6.07) is 4.95. The third kappa shape index (κ3) is 3.92. The van der Waals surface area contributed by atoms with Gasteiger partial charge in [0.1, 0.15) is 6.04 Å². The first-order valence-corrected chi connectivity index (χ1v) is 9.31. The quantitative estimate of drug-likeness (QED) is 0.740. The monoisotopic (exact) mass is 423 g/mol. The lowest BCUT2D eigenvalue weighted by Crippen LogP contribution is -2.47. The van der Waals surface area contributed by atoms with Crippen LogP contribution in [0.4, 0.5) is 0 Å². The first kappa shape index (κ1) is 18.9. The van der Waals surface area contributed by atoms with E-state index in [0.717, 1.165) is 28.5 Å². The fourth-order valence-electron chi connectivity index (χ4n) is 3.48. The summed E-state index contributed by atoms with van der Waals surface area (Å²) in [6.07, 6.45) is 1.79. The molecule has 3 rings (SSSR count). The summed E-state index contributed by atoms with van der Waals surface area (Å²) in [6.45, 7) is 3.32. The van der Waals surface area contributed by atoms with Gasteiger partial charge in [0.05, 0.1) is 6.42 Å². The van der Waals surface area contributed by atoms with Crippen LogP contribution in [0.2, 0.25) is 0 Å². The standard InChI is InChI=1S/C18H22BrN3O4/c1-20-6-8-21(9-7-20)17(18(25)26)14-11-22(5-4-16(23)24)15-3-2-12(19)10-13(14)15/h2-3,10-11,17H,4-9H2,1H3,(H,23,24)(H,25,26). The summed E-state index contributed by atoms with van der Waals surface area (Å²) < 4.78 is 2.71. The van der Waals surface area contributed by atoms with Crippen molar-refractivity contribution in [1.82, 2.24) is 14.4 Å². The molecule has 1 saturated heterocycles. The molecular formula is C18H22BrN3O4. The third-order valence-corrected chi connectivity index (χ3v) is 5.37. The number of hydrogen-bond acceptors (Lipinski definition) is 4. The summed E-state index contributed by atoms with van der Waals surface area (Å²) in [5.41, 5.74) is 1.56. The number of carboxylic acid groups (broad SMARTS) is 2. The first-order chi connectivity index (χ1) is 12.4. The van der Waals surface area contributed by atoms with Crippen LogP contribution in [-0.4, -0.2) is 69.7 Å². The van der Waals surface area contributed by atoms with Crippen LogP contribution in [0.3, 0.4) is 0 Å². The number of aromatic nitrogens is 1. The number of carboxylic acids is 2. The van der Waals surface area contributed by atoms with Crippen molar-refractivity contribution in [2.24, 2.45) is 0 Å².